The minimum atomic E-state index is -0.465. The summed E-state index contributed by atoms with van der Waals surface area (Å²) >= 11 is 0. The lowest BCUT2D eigenvalue weighted by molar-refractivity contribution is -0.140. The van der Waals surface area contributed by atoms with Crippen LogP contribution in [-0.2, 0) is 9.53 Å². The second kappa shape index (κ2) is 5.80. The van der Waals surface area contributed by atoms with Crippen molar-refractivity contribution in [2.45, 2.75) is 31.4 Å². The zero-order valence-electron chi connectivity index (χ0n) is 10.6. The van der Waals surface area contributed by atoms with Crippen molar-refractivity contribution in [2.24, 2.45) is 5.73 Å². The van der Waals surface area contributed by atoms with Crippen molar-refractivity contribution in [3.8, 4) is 0 Å². The van der Waals surface area contributed by atoms with Gasteiger partial charge in [0.25, 0.3) is 5.91 Å². The van der Waals surface area contributed by atoms with E-state index in [0.29, 0.717) is 6.04 Å². The number of nitrogens with two attached hydrogens (primary N) is 1. The molecular formula is C12H23N3O2. The Morgan fingerprint density at radius 3 is 2.71 bits per heavy atom. The molecule has 2 saturated heterocycles. The zero-order valence-corrected chi connectivity index (χ0v) is 10.6. The minimum Gasteiger partial charge on any atom is -0.370 e. The minimum absolute atomic E-state index is 0.0525. The molecule has 0 aromatic heterocycles. The Morgan fingerprint density at radius 2 is 2.12 bits per heavy atom. The molecular weight excluding hydrogens is 218 g/mol. The Hall–Kier alpha value is -0.650. The number of rotatable bonds is 4. The number of likely N-dealkylation sites (tertiary alicyclic amines) is 2. The molecule has 2 aliphatic heterocycles. The molecule has 2 heterocycles. The van der Waals surface area contributed by atoms with Crippen LogP contribution < -0.4 is 5.73 Å². The van der Waals surface area contributed by atoms with Crippen LogP contribution in [-0.4, -0.2) is 67.7 Å². The molecule has 1 amide bonds. The van der Waals surface area contributed by atoms with Gasteiger partial charge in [-0.3, -0.25) is 9.69 Å². The standard InChI is InChI=1S/C12H23N3O2/c1-17-11(8-13)12(16)15-7-4-10(9-15)14-5-2-3-6-14/h10-11H,2-9,13H2,1H3. The highest BCUT2D eigenvalue weighted by Crippen LogP contribution is 2.21. The molecule has 0 spiro atoms. The highest BCUT2D eigenvalue weighted by molar-refractivity contribution is 5.81. The van der Waals surface area contributed by atoms with Crippen LogP contribution in [0.5, 0.6) is 0 Å². The molecule has 2 aliphatic rings. The van der Waals surface area contributed by atoms with E-state index in [2.05, 4.69) is 4.90 Å². The van der Waals surface area contributed by atoms with E-state index in [1.54, 1.807) is 7.11 Å². The summed E-state index contributed by atoms with van der Waals surface area (Å²) in [7, 11) is 1.55. The molecule has 0 aliphatic carbocycles. The van der Waals surface area contributed by atoms with E-state index >= 15 is 0 Å². The van der Waals surface area contributed by atoms with Crippen molar-refractivity contribution in [1.29, 1.82) is 0 Å². The number of carbonyl (C=O) groups excluding carboxylic acids is 1. The van der Waals surface area contributed by atoms with Gasteiger partial charge in [0.1, 0.15) is 6.10 Å². The molecule has 17 heavy (non-hydrogen) atoms. The van der Waals surface area contributed by atoms with Crippen LogP contribution in [0.4, 0.5) is 0 Å². The van der Waals surface area contributed by atoms with E-state index in [4.69, 9.17) is 10.5 Å². The van der Waals surface area contributed by atoms with E-state index in [-0.39, 0.29) is 12.5 Å². The van der Waals surface area contributed by atoms with Crippen molar-refractivity contribution < 1.29 is 9.53 Å². The Labute approximate surface area is 103 Å². The number of hydrogen-bond donors (Lipinski definition) is 1. The van der Waals surface area contributed by atoms with Crippen LogP contribution in [0.1, 0.15) is 19.3 Å². The average molecular weight is 241 g/mol. The second-order valence-corrected chi connectivity index (χ2v) is 4.93. The molecule has 5 nitrogen and oxygen atoms in total. The van der Waals surface area contributed by atoms with Crippen molar-refractivity contribution in [2.75, 3.05) is 39.8 Å². The van der Waals surface area contributed by atoms with Crippen LogP contribution in [0.15, 0.2) is 0 Å². The van der Waals surface area contributed by atoms with Crippen LogP contribution in [0.2, 0.25) is 0 Å². The molecule has 98 valence electrons. The molecule has 0 bridgehead atoms. The summed E-state index contributed by atoms with van der Waals surface area (Å²) in [6.07, 6.45) is 3.22. The van der Waals surface area contributed by atoms with Crippen molar-refractivity contribution in [3.05, 3.63) is 0 Å². The van der Waals surface area contributed by atoms with Gasteiger partial charge in [0, 0.05) is 32.8 Å². The summed E-state index contributed by atoms with van der Waals surface area (Å²) in [6, 6.07) is 0.553. The van der Waals surface area contributed by atoms with Gasteiger partial charge < -0.3 is 15.4 Å². The van der Waals surface area contributed by atoms with Crippen LogP contribution >= 0.6 is 0 Å². The maximum Gasteiger partial charge on any atom is 0.253 e. The molecule has 2 N–H and O–H groups in total. The van der Waals surface area contributed by atoms with Crippen LogP contribution in [0, 0.1) is 0 Å². The number of hydrogen-bond acceptors (Lipinski definition) is 4. The van der Waals surface area contributed by atoms with Gasteiger partial charge in [-0.05, 0) is 32.4 Å². The summed E-state index contributed by atoms with van der Waals surface area (Å²) in [5.74, 6) is 0.0525. The lowest BCUT2D eigenvalue weighted by Gasteiger charge is -2.25. The lowest BCUT2D eigenvalue weighted by Crippen LogP contribution is -2.44. The number of ether oxygens (including phenoxy) is 1. The van der Waals surface area contributed by atoms with Crippen molar-refractivity contribution >= 4 is 5.91 Å². The van der Waals surface area contributed by atoms with Gasteiger partial charge in [-0.1, -0.05) is 0 Å². The normalized spacial score (nSPS) is 27.6. The Kier molecular flexibility index (Phi) is 4.36. The smallest absolute Gasteiger partial charge is 0.253 e. The highest BCUT2D eigenvalue weighted by atomic mass is 16.5. The third kappa shape index (κ3) is 2.78. The first-order valence-electron chi connectivity index (χ1n) is 6.52. The second-order valence-electron chi connectivity index (χ2n) is 4.93. The highest BCUT2D eigenvalue weighted by Gasteiger charge is 2.33. The molecule has 0 aromatic rings. The number of amides is 1. The first-order valence-corrected chi connectivity index (χ1v) is 6.52. The number of nitrogens with zero attached hydrogens (tertiary/aromatic N) is 2. The first kappa shape index (κ1) is 12.8. The third-order valence-electron chi connectivity index (χ3n) is 3.91. The fraction of sp³-hybridized carbons (Fsp3) is 0.917. The van der Waals surface area contributed by atoms with E-state index in [0.717, 1.165) is 19.5 Å². The summed E-state index contributed by atoms with van der Waals surface area (Å²) in [5.41, 5.74) is 5.53. The first-order chi connectivity index (χ1) is 8.26. The molecule has 2 fully saturated rings. The number of carbonyl (C=O) groups is 1. The maximum absolute atomic E-state index is 12.1. The molecule has 2 rings (SSSR count). The molecule has 2 unspecified atom stereocenters. The van der Waals surface area contributed by atoms with E-state index in [1.165, 1.54) is 25.9 Å². The van der Waals surface area contributed by atoms with Crippen molar-refractivity contribution in [1.82, 2.24) is 9.80 Å². The summed E-state index contributed by atoms with van der Waals surface area (Å²) < 4.78 is 5.10. The van der Waals surface area contributed by atoms with Crippen molar-refractivity contribution in [3.63, 3.8) is 0 Å². The van der Waals surface area contributed by atoms with E-state index in [1.807, 2.05) is 4.90 Å². The molecule has 5 heteroatoms. The fourth-order valence-electron chi connectivity index (χ4n) is 2.85. The van der Waals surface area contributed by atoms with Gasteiger partial charge in [0.2, 0.25) is 0 Å². The lowest BCUT2D eigenvalue weighted by atomic mass is 10.2. The summed E-state index contributed by atoms with van der Waals surface area (Å²) in [5, 5.41) is 0. The van der Waals surface area contributed by atoms with E-state index in [9.17, 15) is 4.79 Å². The van der Waals surface area contributed by atoms with E-state index < -0.39 is 6.10 Å². The Bertz CT molecular complexity index is 262. The van der Waals surface area contributed by atoms with Crippen LogP contribution in [0.25, 0.3) is 0 Å². The Balaban J connectivity index is 1.86. The maximum atomic E-state index is 12.1. The third-order valence-corrected chi connectivity index (χ3v) is 3.91. The summed E-state index contributed by atoms with van der Waals surface area (Å²) in [6.45, 7) is 4.34. The Morgan fingerprint density at radius 1 is 1.41 bits per heavy atom. The van der Waals surface area contributed by atoms with Gasteiger partial charge >= 0.3 is 0 Å². The molecule has 0 saturated carbocycles. The predicted octanol–water partition coefficient (Wildman–Crippen LogP) is -0.343. The fourth-order valence-corrected chi connectivity index (χ4v) is 2.85. The van der Waals surface area contributed by atoms with Gasteiger partial charge in [-0.25, -0.2) is 0 Å². The average Bonchev–Trinajstić information content (AvgIpc) is 3.01. The molecule has 0 aromatic carbocycles. The molecule has 2 atom stereocenters. The predicted molar refractivity (Wildman–Crippen MR) is 65.6 cm³/mol. The zero-order chi connectivity index (χ0) is 12.3. The van der Waals surface area contributed by atoms with Gasteiger partial charge in [-0.2, -0.15) is 0 Å². The SMILES string of the molecule is COC(CN)C(=O)N1CCC(N2CCCC2)C1. The summed E-state index contributed by atoms with van der Waals surface area (Å²) in [4.78, 5) is 16.5. The number of methoxy groups -OCH3 is 1. The largest absolute Gasteiger partial charge is 0.370 e. The molecule has 0 radical (unpaired) electrons. The topological polar surface area (TPSA) is 58.8 Å². The van der Waals surface area contributed by atoms with Gasteiger partial charge in [0.15, 0.2) is 0 Å². The van der Waals surface area contributed by atoms with Gasteiger partial charge in [-0.15, -0.1) is 0 Å². The monoisotopic (exact) mass is 241 g/mol. The van der Waals surface area contributed by atoms with Gasteiger partial charge in [0.05, 0.1) is 0 Å². The quantitative estimate of drug-likeness (QED) is 0.731. The van der Waals surface area contributed by atoms with Crippen LogP contribution in [0.3, 0.4) is 0 Å².